The fourth-order valence-corrected chi connectivity index (χ4v) is 5.33. The molecule has 0 bridgehead atoms. The molecule has 1 heterocycles. The summed E-state index contributed by atoms with van der Waals surface area (Å²) in [6.07, 6.45) is -2.81. The van der Waals surface area contributed by atoms with E-state index in [4.69, 9.17) is 0 Å². The highest BCUT2D eigenvalue weighted by molar-refractivity contribution is 5.82. The van der Waals surface area contributed by atoms with Crippen LogP contribution < -0.4 is 5.32 Å². The molecular formula is C21H25F3N2O3. The number of alkyl carbamates (subject to hydrolysis) is 1. The maximum atomic E-state index is 13.0. The zero-order valence-corrected chi connectivity index (χ0v) is 16.7. The standard InChI is InChI=1S/C21H25F3N2O3/c1-12-6-14(21(22,23)24)4-5-16(12)20-9-15(20)10-26(11-20)17(27)13-7-19(2,8-13)25-18(28)29-3/h4-6,13,15H,7-11H2,1-3H3,(H,25,28)/t13-,15?,19+,20?. The van der Waals surface area contributed by atoms with Crippen molar-refractivity contribution < 1.29 is 27.5 Å². The van der Waals surface area contributed by atoms with Crippen molar-refractivity contribution >= 4 is 12.0 Å². The number of ether oxygens (including phenoxy) is 1. The quantitative estimate of drug-likeness (QED) is 0.828. The maximum absolute atomic E-state index is 13.0. The van der Waals surface area contributed by atoms with Gasteiger partial charge in [-0.2, -0.15) is 13.2 Å². The van der Waals surface area contributed by atoms with Gasteiger partial charge in [0, 0.05) is 30.0 Å². The summed E-state index contributed by atoms with van der Waals surface area (Å²) in [7, 11) is 1.30. The van der Waals surface area contributed by atoms with Crippen LogP contribution in [0.15, 0.2) is 18.2 Å². The summed E-state index contributed by atoms with van der Waals surface area (Å²) in [5.74, 6) is 0.243. The first-order valence-corrected chi connectivity index (χ1v) is 9.81. The smallest absolute Gasteiger partial charge is 0.416 e. The lowest BCUT2D eigenvalue weighted by molar-refractivity contribution is -0.140. The molecule has 5 nitrogen and oxygen atoms in total. The summed E-state index contributed by atoms with van der Waals surface area (Å²) in [4.78, 5) is 26.2. The minimum Gasteiger partial charge on any atom is -0.453 e. The molecule has 1 aliphatic heterocycles. The molecule has 1 N–H and O–H groups in total. The minimum absolute atomic E-state index is 0.0743. The second-order valence-electron chi connectivity index (χ2n) is 9.09. The highest BCUT2D eigenvalue weighted by atomic mass is 19.4. The van der Waals surface area contributed by atoms with Gasteiger partial charge in [0.25, 0.3) is 0 Å². The van der Waals surface area contributed by atoms with E-state index in [1.807, 2.05) is 11.8 Å². The normalized spacial score (nSPS) is 33.0. The SMILES string of the molecule is COC(=O)N[C@]1(C)C[C@H](C(=O)N2CC3CC3(c3ccc(C(F)(F)F)cc3C)C2)C1. The van der Waals surface area contributed by atoms with Crippen molar-refractivity contribution in [1.82, 2.24) is 10.2 Å². The van der Waals surface area contributed by atoms with E-state index in [-0.39, 0.29) is 17.2 Å². The van der Waals surface area contributed by atoms with Gasteiger partial charge >= 0.3 is 12.3 Å². The molecule has 1 aromatic rings. The van der Waals surface area contributed by atoms with Gasteiger partial charge in [0.1, 0.15) is 0 Å². The van der Waals surface area contributed by atoms with Crippen LogP contribution >= 0.6 is 0 Å². The minimum atomic E-state index is -4.35. The zero-order valence-electron chi connectivity index (χ0n) is 16.7. The number of nitrogens with one attached hydrogen (secondary N) is 1. The number of nitrogens with zero attached hydrogens (tertiary/aromatic N) is 1. The van der Waals surface area contributed by atoms with Gasteiger partial charge in [-0.1, -0.05) is 6.07 Å². The molecule has 2 saturated carbocycles. The van der Waals surface area contributed by atoms with Gasteiger partial charge in [0.2, 0.25) is 5.91 Å². The molecule has 8 heteroatoms. The van der Waals surface area contributed by atoms with Crippen molar-refractivity contribution in [1.29, 1.82) is 0 Å². The number of hydrogen-bond donors (Lipinski definition) is 1. The topological polar surface area (TPSA) is 58.6 Å². The Morgan fingerprint density at radius 2 is 1.93 bits per heavy atom. The monoisotopic (exact) mass is 410 g/mol. The van der Waals surface area contributed by atoms with Crippen molar-refractivity contribution in [2.75, 3.05) is 20.2 Å². The average molecular weight is 410 g/mol. The van der Waals surface area contributed by atoms with E-state index in [1.165, 1.54) is 13.2 Å². The predicted octanol–water partition coefficient (Wildman–Crippen LogP) is 3.64. The Kier molecular flexibility index (Phi) is 4.40. The lowest BCUT2D eigenvalue weighted by Gasteiger charge is -2.45. The van der Waals surface area contributed by atoms with Gasteiger partial charge in [-0.15, -0.1) is 0 Å². The van der Waals surface area contributed by atoms with Gasteiger partial charge in [-0.25, -0.2) is 4.79 Å². The number of alkyl halides is 3. The fraction of sp³-hybridized carbons (Fsp3) is 0.619. The number of amides is 2. The van der Waals surface area contributed by atoms with Crippen LogP contribution in [0.3, 0.4) is 0 Å². The number of likely N-dealkylation sites (tertiary alicyclic amines) is 1. The molecule has 3 fully saturated rings. The van der Waals surface area contributed by atoms with Crippen LogP contribution in [0.5, 0.6) is 0 Å². The van der Waals surface area contributed by atoms with Crippen molar-refractivity contribution in [3.8, 4) is 0 Å². The molecule has 3 aliphatic rings. The lowest BCUT2D eigenvalue weighted by atomic mass is 9.69. The predicted molar refractivity (Wildman–Crippen MR) is 99.2 cm³/mol. The van der Waals surface area contributed by atoms with Crippen LogP contribution in [-0.2, 0) is 21.1 Å². The summed E-state index contributed by atoms with van der Waals surface area (Å²) >= 11 is 0. The molecule has 29 heavy (non-hydrogen) atoms. The summed E-state index contributed by atoms with van der Waals surface area (Å²) in [5, 5.41) is 2.77. The van der Waals surface area contributed by atoms with E-state index in [0.29, 0.717) is 37.4 Å². The molecule has 2 aliphatic carbocycles. The summed E-state index contributed by atoms with van der Waals surface area (Å²) < 4.78 is 43.5. The molecule has 2 atom stereocenters. The number of fused-ring (bicyclic) bond motifs is 1. The number of methoxy groups -OCH3 is 1. The Hall–Kier alpha value is -2.25. The fourth-order valence-electron chi connectivity index (χ4n) is 5.33. The molecule has 1 saturated heterocycles. The third kappa shape index (κ3) is 3.36. The Morgan fingerprint density at radius 1 is 1.24 bits per heavy atom. The lowest BCUT2D eigenvalue weighted by Crippen LogP contribution is -2.58. The second kappa shape index (κ2) is 6.37. The Labute approximate surface area is 167 Å². The van der Waals surface area contributed by atoms with E-state index in [0.717, 1.165) is 18.1 Å². The molecule has 0 spiro atoms. The van der Waals surface area contributed by atoms with Crippen molar-refractivity contribution in [2.24, 2.45) is 11.8 Å². The number of hydrogen-bond acceptors (Lipinski definition) is 3. The molecule has 2 amide bonds. The van der Waals surface area contributed by atoms with E-state index in [2.05, 4.69) is 10.1 Å². The van der Waals surface area contributed by atoms with Crippen LogP contribution in [-0.4, -0.2) is 42.6 Å². The molecule has 158 valence electrons. The van der Waals surface area contributed by atoms with Gasteiger partial charge in [-0.05, 0) is 62.3 Å². The molecule has 4 rings (SSSR count). The molecule has 1 aromatic carbocycles. The molecule has 2 unspecified atom stereocenters. The average Bonchev–Trinajstić information content (AvgIpc) is 3.18. The second-order valence-corrected chi connectivity index (χ2v) is 9.09. The summed E-state index contributed by atoms with van der Waals surface area (Å²) in [6.45, 7) is 4.81. The first-order chi connectivity index (χ1) is 13.5. The maximum Gasteiger partial charge on any atom is 0.416 e. The largest absolute Gasteiger partial charge is 0.453 e. The number of benzene rings is 1. The number of carbonyl (C=O) groups excluding carboxylic acids is 2. The van der Waals surface area contributed by atoms with Crippen molar-refractivity contribution in [3.05, 3.63) is 34.9 Å². The molecule has 0 aromatic heterocycles. The van der Waals surface area contributed by atoms with Crippen LogP contribution in [0.25, 0.3) is 0 Å². The van der Waals surface area contributed by atoms with Gasteiger partial charge in [0.15, 0.2) is 0 Å². The van der Waals surface area contributed by atoms with Crippen LogP contribution in [0.4, 0.5) is 18.0 Å². The van der Waals surface area contributed by atoms with Gasteiger partial charge < -0.3 is 15.0 Å². The van der Waals surface area contributed by atoms with Crippen LogP contribution in [0.2, 0.25) is 0 Å². The third-order valence-corrected chi connectivity index (χ3v) is 6.88. The van der Waals surface area contributed by atoms with Crippen LogP contribution in [0, 0.1) is 18.8 Å². The number of rotatable bonds is 3. The molecule has 0 radical (unpaired) electrons. The van der Waals surface area contributed by atoms with Gasteiger partial charge in [-0.3, -0.25) is 4.79 Å². The number of piperidine rings is 1. The van der Waals surface area contributed by atoms with E-state index in [9.17, 15) is 22.8 Å². The number of aryl methyl sites for hydroxylation is 1. The summed E-state index contributed by atoms with van der Waals surface area (Å²) in [5.41, 5.74) is 0.288. The first-order valence-electron chi connectivity index (χ1n) is 9.81. The van der Waals surface area contributed by atoms with Crippen LogP contribution in [0.1, 0.15) is 42.9 Å². The van der Waals surface area contributed by atoms with E-state index in [1.54, 1.807) is 13.0 Å². The summed E-state index contributed by atoms with van der Waals surface area (Å²) in [6, 6.07) is 3.94. The Bertz CT molecular complexity index is 863. The highest BCUT2D eigenvalue weighted by Crippen LogP contribution is 2.60. The Balaban J connectivity index is 1.41. The number of halogens is 3. The van der Waals surface area contributed by atoms with Gasteiger partial charge in [0.05, 0.1) is 12.7 Å². The third-order valence-electron chi connectivity index (χ3n) is 6.88. The van der Waals surface area contributed by atoms with Crippen molar-refractivity contribution in [2.45, 2.75) is 50.2 Å². The first kappa shape index (κ1) is 20.0. The Morgan fingerprint density at radius 3 is 2.52 bits per heavy atom. The number of carbonyl (C=O) groups is 2. The van der Waals surface area contributed by atoms with E-state index >= 15 is 0 Å². The zero-order chi connectivity index (χ0) is 21.2. The van der Waals surface area contributed by atoms with Crippen molar-refractivity contribution in [3.63, 3.8) is 0 Å². The van der Waals surface area contributed by atoms with E-state index < -0.39 is 23.4 Å². The molecular weight excluding hydrogens is 385 g/mol. The highest BCUT2D eigenvalue weighted by Gasteiger charge is 2.63.